The molecule has 2 aliphatic rings. The number of alkyl halides is 3. The van der Waals surface area contributed by atoms with E-state index in [0.29, 0.717) is 11.4 Å². The number of anilines is 3. The van der Waals surface area contributed by atoms with Crippen molar-refractivity contribution in [2.45, 2.75) is 25.6 Å². The van der Waals surface area contributed by atoms with E-state index in [2.05, 4.69) is 19.6 Å². The number of aliphatic hydroxyl groups excluding tert-OH is 1. The van der Waals surface area contributed by atoms with Gasteiger partial charge in [-0.2, -0.15) is 5.10 Å². The van der Waals surface area contributed by atoms with Gasteiger partial charge in [0.05, 0.1) is 12.6 Å². The van der Waals surface area contributed by atoms with Gasteiger partial charge < -0.3 is 24.7 Å². The van der Waals surface area contributed by atoms with Crippen LogP contribution < -0.4 is 19.4 Å². The zero-order valence-electron chi connectivity index (χ0n) is 22.3. The molecule has 0 aliphatic carbocycles. The molecule has 0 saturated carbocycles. The number of β-amino-alcohol motifs (C(OH)–C–C–N with tert-alkyl or cyclic N) is 1. The molecule has 3 aromatic rings. The summed E-state index contributed by atoms with van der Waals surface area (Å²) < 4.78 is 41.2. The number of benzene rings is 3. The summed E-state index contributed by atoms with van der Waals surface area (Å²) in [5.74, 6) is 0.427. The highest BCUT2D eigenvalue weighted by Gasteiger charge is 2.34. The van der Waals surface area contributed by atoms with Gasteiger partial charge in [0.2, 0.25) is 0 Å². The predicted octanol–water partition coefficient (Wildman–Crippen LogP) is 4.33. The average Bonchev–Trinajstić information content (AvgIpc) is 3.27. The van der Waals surface area contributed by atoms with Crippen LogP contribution in [-0.2, 0) is 4.79 Å². The van der Waals surface area contributed by atoms with Crippen LogP contribution in [0.15, 0.2) is 77.9 Å². The first-order chi connectivity index (χ1) is 19.6. The van der Waals surface area contributed by atoms with Crippen LogP contribution in [0.2, 0.25) is 0 Å². The molecule has 1 fully saturated rings. The van der Waals surface area contributed by atoms with Crippen LogP contribution in [0, 0.1) is 0 Å². The zero-order chi connectivity index (χ0) is 29.1. The number of ether oxygens (including phenoxy) is 1. The summed E-state index contributed by atoms with van der Waals surface area (Å²) in [6.07, 6.45) is -5.96. The number of piperazine rings is 1. The number of carbonyl (C=O) groups is 1. The Morgan fingerprint density at radius 1 is 0.902 bits per heavy atom. The molecule has 2 N–H and O–H groups in total. The molecule has 2 heterocycles. The number of halogens is 3. The van der Waals surface area contributed by atoms with Crippen molar-refractivity contribution in [3.8, 4) is 11.5 Å². The molecule has 0 bridgehead atoms. The summed E-state index contributed by atoms with van der Waals surface area (Å²) in [5.41, 5.74) is 3.26. The molecule has 2 atom stereocenters. The molecular formula is C29H30F3N5O4. The maximum Gasteiger partial charge on any atom is 0.573 e. The van der Waals surface area contributed by atoms with Crippen molar-refractivity contribution in [3.05, 3.63) is 78.4 Å². The van der Waals surface area contributed by atoms with Crippen LogP contribution >= 0.6 is 0 Å². The molecule has 0 aromatic heterocycles. The Bertz CT molecular complexity index is 1360. The Hall–Kier alpha value is -4.45. The molecule has 216 valence electrons. The number of aliphatic hydroxyl groups is 1. The monoisotopic (exact) mass is 569 g/mol. The van der Waals surface area contributed by atoms with Gasteiger partial charge in [-0.15, -0.1) is 13.2 Å². The van der Waals surface area contributed by atoms with Crippen molar-refractivity contribution in [2.75, 3.05) is 47.4 Å². The minimum absolute atomic E-state index is 0.0416. The van der Waals surface area contributed by atoms with E-state index in [-0.39, 0.29) is 18.0 Å². The lowest BCUT2D eigenvalue weighted by Gasteiger charge is -2.37. The smallest absolute Gasteiger partial charge is 0.508 e. The van der Waals surface area contributed by atoms with E-state index < -0.39 is 18.6 Å². The molecule has 2 unspecified atom stereocenters. The largest absolute Gasteiger partial charge is 0.573 e. The maximum absolute atomic E-state index is 12.4. The van der Waals surface area contributed by atoms with Gasteiger partial charge in [0.1, 0.15) is 17.3 Å². The number of carbonyl (C=O) groups excluding carboxylic acids is 1. The van der Waals surface area contributed by atoms with E-state index in [0.717, 1.165) is 61.7 Å². The first-order valence-electron chi connectivity index (χ1n) is 13.1. The van der Waals surface area contributed by atoms with Crippen molar-refractivity contribution in [1.29, 1.82) is 0 Å². The third-order valence-electron chi connectivity index (χ3n) is 7.16. The number of phenols is 1. The second-order valence-electron chi connectivity index (χ2n) is 9.83. The van der Waals surface area contributed by atoms with E-state index in [1.807, 2.05) is 36.4 Å². The summed E-state index contributed by atoms with van der Waals surface area (Å²) in [4.78, 5) is 18.5. The van der Waals surface area contributed by atoms with Crippen LogP contribution in [0.25, 0.3) is 0 Å². The molecule has 9 nitrogen and oxygen atoms in total. The van der Waals surface area contributed by atoms with E-state index in [9.17, 15) is 28.2 Å². The number of phenolic OH excluding ortho intramolecular Hbond substituents is 1. The zero-order valence-corrected chi connectivity index (χ0v) is 22.3. The van der Waals surface area contributed by atoms with E-state index >= 15 is 0 Å². The summed E-state index contributed by atoms with van der Waals surface area (Å²) in [6.45, 7) is 5.06. The number of aldehydes is 1. The van der Waals surface area contributed by atoms with Gasteiger partial charge in [0.25, 0.3) is 0 Å². The molecule has 2 aliphatic heterocycles. The van der Waals surface area contributed by atoms with Gasteiger partial charge in [-0.1, -0.05) is 12.1 Å². The number of aromatic hydroxyl groups is 1. The van der Waals surface area contributed by atoms with Crippen molar-refractivity contribution in [1.82, 2.24) is 5.01 Å². The number of rotatable bonds is 8. The normalized spacial score (nSPS) is 18.4. The highest BCUT2D eigenvalue weighted by molar-refractivity contribution is 6.01. The van der Waals surface area contributed by atoms with Crippen molar-refractivity contribution < 1.29 is 32.9 Å². The molecule has 0 radical (unpaired) electrons. The highest BCUT2D eigenvalue weighted by Crippen LogP contribution is 2.30. The molecular weight excluding hydrogens is 539 g/mol. The Kier molecular flexibility index (Phi) is 7.93. The fourth-order valence-electron chi connectivity index (χ4n) is 5.12. The molecule has 41 heavy (non-hydrogen) atoms. The summed E-state index contributed by atoms with van der Waals surface area (Å²) >= 11 is 0. The van der Waals surface area contributed by atoms with Gasteiger partial charge in [-0.3, -0.25) is 14.7 Å². The topological polar surface area (TPSA) is 92.1 Å². The van der Waals surface area contributed by atoms with E-state index in [1.54, 1.807) is 24.0 Å². The first-order valence-corrected chi connectivity index (χ1v) is 13.1. The second kappa shape index (κ2) is 11.6. The number of hydrogen-bond acceptors (Lipinski definition) is 9. The fourth-order valence-corrected chi connectivity index (χ4v) is 5.12. The van der Waals surface area contributed by atoms with Gasteiger partial charge in [-0.05, 0) is 73.2 Å². The highest BCUT2D eigenvalue weighted by atomic mass is 19.4. The van der Waals surface area contributed by atoms with Crippen LogP contribution in [0.4, 0.5) is 30.2 Å². The van der Waals surface area contributed by atoms with E-state index in [4.69, 9.17) is 0 Å². The van der Waals surface area contributed by atoms with Crippen molar-refractivity contribution in [2.24, 2.45) is 5.10 Å². The molecule has 3 aromatic carbocycles. The van der Waals surface area contributed by atoms with Gasteiger partial charge >= 0.3 is 6.36 Å². The average molecular weight is 570 g/mol. The minimum Gasteiger partial charge on any atom is -0.508 e. The quantitative estimate of drug-likeness (QED) is 0.388. The van der Waals surface area contributed by atoms with Gasteiger partial charge in [0.15, 0.2) is 12.5 Å². The number of hydrazone groups is 1. The third-order valence-corrected chi connectivity index (χ3v) is 7.16. The maximum atomic E-state index is 12.4. The van der Waals surface area contributed by atoms with Crippen LogP contribution in [0.5, 0.6) is 11.5 Å². The van der Waals surface area contributed by atoms with Crippen molar-refractivity contribution >= 4 is 29.2 Å². The summed E-state index contributed by atoms with van der Waals surface area (Å²) in [5, 5.41) is 26.2. The van der Waals surface area contributed by atoms with Gasteiger partial charge in [-0.25, -0.2) is 0 Å². The first kappa shape index (κ1) is 28.1. The molecule has 1 saturated heterocycles. The van der Waals surface area contributed by atoms with Crippen LogP contribution in [0.3, 0.4) is 0 Å². The Labute approximate surface area is 235 Å². The van der Waals surface area contributed by atoms with Crippen LogP contribution in [0.1, 0.15) is 18.6 Å². The lowest BCUT2D eigenvalue weighted by Crippen LogP contribution is -2.46. The summed E-state index contributed by atoms with van der Waals surface area (Å²) in [7, 11) is 0. The lowest BCUT2D eigenvalue weighted by molar-refractivity contribution is -0.274. The molecule has 0 spiro atoms. The molecule has 5 rings (SSSR count). The second-order valence-corrected chi connectivity index (χ2v) is 9.83. The Morgan fingerprint density at radius 3 is 1.93 bits per heavy atom. The standard InChI is InChI=1S/C29H30F3N5O4/c1-20-33-36(18-27(40)21-2-12-26(13-3-21)41-29(30,31)32)28(19-38)37(20)24-6-4-22(5-7-24)34-14-16-35(17-15-34)23-8-10-25(39)11-9-23/h2-13,19,27-28,39-40H,14-18H2,1H3. The minimum atomic E-state index is -4.80. The Morgan fingerprint density at radius 2 is 1.41 bits per heavy atom. The van der Waals surface area contributed by atoms with E-state index in [1.165, 1.54) is 17.1 Å². The predicted molar refractivity (Wildman–Crippen MR) is 149 cm³/mol. The lowest BCUT2D eigenvalue weighted by atomic mass is 10.1. The molecule has 12 heteroatoms. The Balaban J connectivity index is 1.20. The third kappa shape index (κ3) is 6.49. The SMILES string of the molecule is CC1=NN(CC(O)c2ccc(OC(F)(F)F)cc2)C(C=O)N1c1ccc(N2CCN(c3ccc(O)cc3)CC2)cc1. The number of nitrogens with zero attached hydrogens (tertiary/aromatic N) is 5. The van der Waals surface area contributed by atoms with Crippen molar-refractivity contribution in [3.63, 3.8) is 0 Å². The number of amidine groups is 1. The fraction of sp³-hybridized carbons (Fsp3) is 0.310. The van der Waals surface area contributed by atoms with Gasteiger partial charge in [0, 0.05) is 43.2 Å². The summed E-state index contributed by atoms with van der Waals surface area (Å²) in [6, 6.07) is 20.0. The number of hydrogen-bond donors (Lipinski definition) is 2. The molecule has 0 amide bonds. The van der Waals surface area contributed by atoms with Crippen LogP contribution in [-0.4, -0.2) is 72.6 Å².